The molecular weight excluding hydrogens is 463 g/mol. The monoisotopic (exact) mass is 488 g/mol. The van der Waals surface area contributed by atoms with Crippen LogP contribution in [0.5, 0.6) is 0 Å². The van der Waals surface area contributed by atoms with Crippen LogP contribution in [0.25, 0.3) is 11.0 Å². The SMILES string of the molecule is Cc1ccc(Cn2cnc3c(cnn3CCNC(=O)C3CC(=O)N(c4ccc(F)cc4)C3)c2=O)cc1. The van der Waals surface area contributed by atoms with Crippen molar-refractivity contribution in [2.45, 2.75) is 26.4 Å². The summed E-state index contributed by atoms with van der Waals surface area (Å²) in [7, 11) is 0. The van der Waals surface area contributed by atoms with Crippen LogP contribution in [-0.4, -0.2) is 44.2 Å². The van der Waals surface area contributed by atoms with Crippen molar-refractivity contribution in [2.24, 2.45) is 5.92 Å². The first-order valence-corrected chi connectivity index (χ1v) is 11.7. The minimum absolute atomic E-state index is 0.0932. The summed E-state index contributed by atoms with van der Waals surface area (Å²) in [5.74, 6) is -1.29. The first-order chi connectivity index (χ1) is 17.4. The Labute approximate surface area is 206 Å². The Kier molecular flexibility index (Phi) is 6.32. The van der Waals surface area contributed by atoms with Crippen LogP contribution in [0.2, 0.25) is 0 Å². The van der Waals surface area contributed by atoms with E-state index in [0.29, 0.717) is 29.8 Å². The van der Waals surface area contributed by atoms with Gasteiger partial charge in [0.2, 0.25) is 11.8 Å². The van der Waals surface area contributed by atoms with Gasteiger partial charge in [0.25, 0.3) is 5.56 Å². The molecule has 1 aliphatic rings. The third kappa shape index (κ3) is 4.74. The average molecular weight is 489 g/mol. The first-order valence-electron chi connectivity index (χ1n) is 11.7. The lowest BCUT2D eigenvalue weighted by Gasteiger charge is -2.16. The summed E-state index contributed by atoms with van der Waals surface area (Å²) >= 11 is 0. The van der Waals surface area contributed by atoms with E-state index in [2.05, 4.69) is 15.4 Å². The Morgan fingerprint density at radius 3 is 2.61 bits per heavy atom. The zero-order valence-electron chi connectivity index (χ0n) is 19.7. The normalized spacial score (nSPS) is 15.6. The number of carbonyl (C=O) groups excluding carboxylic acids is 2. The van der Waals surface area contributed by atoms with Gasteiger partial charge in [-0.15, -0.1) is 0 Å². The Balaban J connectivity index is 1.19. The van der Waals surface area contributed by atoms with Crippen molar-refractivity contribution < 1.29 is 14.0 Å². The van der Waals surface area contributed by atoms with Crippen LogP contribution >= 0.6 is 0 Å². The molecule has 9 nitrogen and oxygen atoms in total. The molecule has 1 saturated heterocycles. The molecule has 4 aromatic rings. The maximum absolute atomic E-state index is 13.2. The van der Waals surface area contributed by atoms with Crippen molar-refractivity contribution in [2.75, 3.05) is 18.0 Å². The molecule has 0 bridgehead atoms. The molecule has 2 amide bonds. The lowest BCUT2D eigenvalue weighted by Crippen LogP contribution is -2.35. The van der Waals surface area contributed by atoms with E-state index in [1.807, 2.05) is 31.2 Å². The summed E-state index contributed by atoms with van der Waals surface area (Å²) < 4.78 is 16.3. The molecule has 1 atom stereocenters. The second-order valence-corrected chi connectivity index (χ2v) is 8.94. The van der Waals surface area contributed by atoms with E-state index in [1.165, 1.54) is 41.7 Å². The molecule has 1 unspecified atom stereocenters. The molecule has 2 aromatic heterocycles. The number of rotatable bonds is 7. The van der Waals surface area contributed by atoms with Crippen molar-refractivity contribution in [3.05, 3.63) is 88.4 Å². The maximum atomic E-state index is 13.2. The zero-order chi connectivity index (χ0) is 25.2. The van der Waals surface area contributed by atoms with E-state index >= 15 is 0 Å². The molecule has 1 N–H and O–H groups in total. The summed E-state index contributed by atoms with van der Waals surface area (Å²) in [6.45, 7) is 3.26. The van der Waals surface area contributed by atoms with Gasteiger partial charge in [0.05, 0.1) is 25.2 Å². The number of hydrogen-bond acceptors (Lipinski definition) is 5. The highest BCUT2D eigenvalue weighted by Crippen LogP contribution is 2.25. The van der Waals surface area contributed by atoms with E-state index in [9.17, 15) is 18.8 Å². The molecule has 0 spiro atoms. The largest absolute Gasteiger partial charge is 0.354 e. The van der Waals surface area contributed by atoms with E-state index in [0.717, 1.165) is 11.1 Å². The van der Waals surface area contributed by atoms with Crippen LogP contribution in [0.3, 0.4) is 0 Å². The Morgan fingerprint density at radius 2 is 1.86 bits per heavy atom. The summed E-state index contributed by atoms with van der Waals surface area (Å²) in [6, 6.07) is 13.6. The second-order valence-electron chi connectivity index (χ2n) is 8.94. The lowest BCUT2D eigenvalue weighted by atomic mass is 10.1. The van der Waals surface area contributed by atoms with Crippen LogP contribution in [0, 0.1) is 18.7 Å². The number of nitrogens with one attached hydrogen (secondary N) is 1. The minimum atomic E-state index is -0.496. The van der Waals surface area contributed by atoms with Gasteiger partial charge in [0.15, 0.2) is 5.65 Å². The van der Waals surface area contributed by atoms with Gasteiger partial charge in [0.1, 0.15) is 17.5 Å². The van der Waals surface area contributed by atoms with Gasteiger partial charge in [-0.1, -0.05) is 29.8 Å². The van der Waals surface area contributed by atoms with Crippen LogP contribution in [-0.2, 0) is 22.7 Å². The number of aryl methyl sites for hydroxylation is 1. The molecule has 0 saturated carbocycles. The van der Waals surface area contributed by atoms with E-state index < -0.39 is 5.92 Å². The Hall–Kier alpha value is -4.34. The highest BCUT2D eigenvalue weighted by Gasteiger charge is 2.35. The standard InChI is InChI=1S/C26H25FN6O3/c1-17-2-4-18(5-3-17)14-31-16-29-24-22(26(31)36)13-30-33(24)11-10-28-25(35)19-12-23(34)32(15-19)21-8-6-20(27)7-9-21/h2-9,13,16,19H,10-12,14-15H2,1H3,(H,28,35). The fourth-order valence-electron chi connectivity index (χ4n) is 4.35. The molecule has 1 aliphatic heterocycles. The number of benzene rings is 2. The van der Waals surface area contributed by atoms with Gasteiger partial charge in [0, 0.05) is 25.2 Å². The van der Waals surface area contributed by atoms with Crippen LogP contribution < -0.4 is 15.8 Å². The zero-order valence-corrected chi connectivity index (χ0v) is 19.7. The fourth-order valence-corrected chi connectivity index (χ4v) is 4.35. The molecule has 5 rings (SSSR count). The summed E-state index contributed by atoms with van der Waals surface area (Å²) in [5.41, 5.74) is 2.99. The molecule has 2 aromatic carbocycles. The van der Waals surface area contributed by atoms with Crippen molar-refractivity contribution in [1.29, 1.82) is 0 Å². The van der Waals surface area contributed by atoms with Crippen LogP contribution in [0.1, 0.15) is 17.5 Å². The molecule has 0 aliphatic carbocycles. The van der Waals surface area contributed by atoms with Crippen LogP contribution in [0.15, 0.2) is 65.8 Å². The van der Waals surface area contributed by atoms with Crippen molar-refractivity contribution in [1.82, 2.24) is 24.6 Å². The maximum Gasteiger partial charge on any atom is 0.264 e. The lowest BCUT2D eigenvalue weighted by molar-refractivity contribution is -0.126. The molecule has 1 fully saturated rings. The Morgan fingerprint density at radius 1 is 1.11 bits per heavy atom. The summed E-state index contributed by atoms with van der Waals surface area (Å²) in [5, 5.41) is 7.53. The fraction of sp³-hybridized carbons (Fsp3) is 0.269. The van der Waals surface area contributed by atoms with Crippen molar-refractivity contribution in [3.63, 3.8) is 0 Å². The number of halogens is 1. The van der Waals surface area contributed by atoms with E-state index in [4.69, 9.17) is 0 Å². The number of fused-ring (bicyclic) bond motifs is 1. The van der Waals surface area contributed by atoms with Crippen molar-refractivity contribution >= 4 is 28.5 Å². The molecule has 36 heavy (non-hydrogen) atoms. The minimum Gasteiger partial charge on any atom is -0.354 e. The van der Waals surface area contributed by atoms with Gasteiger partial charge in [-0.3, -0.25) is 19.0 Å². The molecule has 10 heteroatoms. The molecule has 184 valence electrons. The molecule has 0 radical (unpaired) electrons. The van der Waals surface area contributed by atoms with Gasteiger partial charge in [-0.25, -0.2) is 14.1 Å². The third-order valence-electron chi connectivity index (χ3n) is 6.35. The molecule has 3 heterocycles. The smallest absolute Gasteiger partial charge is 0.264 e. The molecular formula is C26H25FN6O3. The average Bonchev–Trinajstić information content (AvgIpc) is 3.47. The van der Waals surface area contributed by atoms with Gasteiger partial charge in [-0.05, 0) is 36.8 Å². The van der Waals surface area contributed by atoms with Gasteiger partial charge < -0.3 is 10.2 Å². The number of amides is 2. The van der Waals surface area contributed by atoms with Gasteiger partial charge in [-0.2, -0.15) is 5.10 Å². The Bertz CT molecular complexity index is 1480. The number of anilines is 1. The predicted molar refractivity (Wildman–Crippen MR) is 132 cm³/mol. The van der Waals surface area contributed by atoms with E-state index in [1.54, 1.807) is 9.25 Å². The highest BCUT2D eigenvalue weighted by atomic mass is 19.1. The number of nitrogens with zero attached hydrogens (tertiary/aromatic N) is 5. The van der Waals surface area contributed by atoms with Crippen molar-refractivity contribution in [3.8, 4) is 0 Å². The number of carbonyl (C=O) groups is 2. The van der Waals surface area contributed by atoms with Gasteiger partial charge >= 0.3 is 0 Å². The summed E-state index contributed by atoms with van der Waals surface area (Å²) in [4.78, 5) is 43.9. The summed E-state index contributed by atoms with van der Waals surface area (Å²) in [6.07, 6.45) is 3.10. The number of hydrogen-bond donors (Lipinski definition) is 1. The third-order valence-corrected chi connectivity index (χ3v) is 6.35. The second kappa shape index (κ2) is 9.73. The number of aromatic nitrogens is 4. The quantitative estimate of drug-likeness (QED) is 0.430. The predicted octanol–water partition coefficient (Wildman–Crippen LogP) is 2.26. The topological polar surface area (TPSA) is 102 Å². The first kappa shape index (κ1) is 23.4. The highest BCUT2D eigenvalue weighted by molar-refractivity contribution is 6.00. The van der Waals surface area contributed by atoms with Crippen LogP contribution in [0.4, 0.5) is 10.1 Å². The van der Waals surface area contributed by atoms with E-state index in [-0.39, 0.29) is 42.7 Å².